The lowest BCUT2D eigenvalue weighted by molar-refractivity contribution is -0.139. The molecule has 1 atom stereocenters. The smallest absolute Gasteiger partial charge is 0.336 e. The molecular weight excluding hydrogens is 208 g/mol. The van der Waals surface area contributed by atoms with E-state index in [-0.39, 0.29) is 17.9 Å². The van der Waals surface area contributed by atoms with Gasteiger partial charge in [-0.2, -0.15) is 0 Å². The molecule has 4 nitrogen and oxygen atoms in total. The number of aliphatic hydroxyl groups excluding tert-OH is 1. The highest BCUT2D eigenvalue weighted by Gasteiger charge is 2.19. The van der Waals surface area contributed by atoms with Crippen molar-refractivity contribution in [1.29, 1.82) is 0 Å². The summed E-state index contributed by atoms with van der Waals surface area (Å²) in [7, 11) is 0. The number of hydrogen-bond donors (Lipinski definition) is 2. The Bertz CT molecular complexity index is 398. The van der Waals surface area contributed by atoms with Crippen LogP contribution in [0.5, 0.6) is 5.75 Å². The van der Waals surface area contributed by atoms with Crippen molar-refractivity contribution in [2.45, 2.75) is 13.0 Å². The summed E-state index contributed by atoms with van der Waals surface area (Å²) in [6.45, 7) is 5.37. The SMILES string of the molecule is C=C(C(=O)OCC)C(O)c1cccc(O)c1. The first kappa shape index (κ1) is 12.3. The predicted octanol–water partition coefficient (Wildman–Crippen LogP) is 1.54. The standard InChI is InChI=1S/C12H14O4/c1-3-16-12(15)8(2)11(14)9-5-4-6-10(13)7-9/h4-7,11,13-14H,2-3H2,1H3. The molecule has 0 fully saturated rings. The lowest BCUT2D eigenvalue weighted by Crippen LogP contribution is -2.13. The molecule has 0 saturated carbocycles. The van der Waals surface area contributed by atoms with Crippen LogP contribution in [0.3, 0.4) is 0 Å². The molecule has 0 aliphatic carbocycles. The molecule has 0 spiro atoms. The van der Waals surface area contributed by atoms with Gasteiger partial charge in [0.25, 0.3) is 0 Å². The second-order valence-corrected chi connectivity index (χ2v) is 3.24. The zero-order chi connectivity index (χ0) is 12.1. The van der Waals surface area contributed by atoms with Gasteiger partial charge in [0.15, 0.2) is 0 Å². The molecule has 0 aromatic heterocycles. The minimum atomic E-state index is -1.16. The molecule has 0 aliphatic heterocycles. The maximum Gasteiger partial charge on any atom is 0.336 e. The van der Waals surface area contributed by atoms with Crippen molar-refractivity contribution in [3.8, 4) is 5.75 Å². The number of rotatable bonds is 4. The molecule has 16 heavy (non-hydrogen) atoms. The number of aromatic hydroxyl groups is 1. The molecule has 1 aromatic rings. The summed E-state index contributed by atoms with van der Waals surface area (Å²) >= 11 is 0. The summed E-state index contributed by atoms with van der Waals surface area (Å²) in [5.41, 5.74) is 0.352. The Morgan fingerprint density at radius 2 is 2.25 bits per heavy atom. The number of benzene rings is 1. The molecule has 0 amide bonds. The van der Waals surface area contributed by atoms with Crippen molar-refractivity contribution in [3.05, 3.63) is 42.0 Å². The molecule has 86 valence electrons. The number of phenolic OH excluding ortho intramolecular Hbond substituents is 1. The summed E-state index contributed by atoms with van der Waals surface area (Å²) in [5.74, 6) is -0.619. The van der Waals surface area contributed by atoms with Gasteiger partial charge in [0.1, 0.15) is 11.9 Å². The number of carbonyl (C=O) groups is 1. The van der Waals surface area contributed by atoms with Crippen molar-refractivity contribution >= 4 is 5.97 Å². The highest BCUT2D eigenvalue weighted by Crippen LogP contribution is 2.23. The fourth-order valence-electron chi connectivity index (χ4n) is 1.23. The van der Waals surface area contributed by atoms with Gasteiger partial charge in [-0.1, -0.05) is 18.7 Å². The minimum absolute atomic E-state index is 0.0215. The second kappa shape index (κ2) is 5.32. The van der Waals surface area contributed by atoms with Crippen molar-refractivity contribution < 1.29 is 19.7 Å². The molecule has 0 aliphatic rings. The first-order chi connectivity index (χ1) is 7.56. The van der Waals surface area contributed by atoms with Gasteiger partial charge in [-0.25, -0.2) is 4.79 Å². The van der Waals surface area contributed by atoms with Gasteiger partial charge in [0.2, 0.25) is 0 Å². The highest BCUT2D eigenvalue weighted by molar-refractivity contribution is 5.89. The van der Waals surface area contributed by atoms with E-state index in [0.29, 0.717) is 5.56 Å². The number of ether oxygens (including phenoxy) is 1. The maximum atomic E-state index is 11.3. The Morgan fingerprint density at radius 1 is 1.56 bits per heavy atom. The van der Waals surface area contributed by atoms with Crippen molar-refractivity contribution in [1.82, 2.24) is 0 Å². The van der Waals surface area contributed by atoms with E-state index in [9.17, 15) is 15.0 Å². The average molecular weight is 222 g/mol. The molecule has 0 bridgehead atoms. The third kappa shape index (κ3) is 2.84. The Labute approximate surface area is 93.8 Å². The van der Waals surface area contributed by atoms with Gasteiger partial charge in [-0.15, -0.1) is 0 Å². The van der Waals surface area contributed by atoms with Crippen molar-refractivity contribution in [3.63, 3.8) is 0 Å². The van der Waals surface area contributed by atoms with Gasteiger partial charge in [0, 0.05) is 0 Å². The lowest BCUT2D eigenvalue weighted by atomic mass is 10.0. The van der Waals surface area contributed by atoms with E-state index >= 15 is 0 Å². The second-order valence-electron chi connectivity index (χ2n) is 3.24. The minimum Gasteiger partial charge on any atom is -0.508 e. The molecule has 2 N–H and O–H groups in total. The van der Waals surface area contributed by atoms with Crippen molar-refractivity contribution in [2.24, 2.45) is 0 Å². The Morgan fingerprint density at radius 3 is 2.81 bits per heavy atom. The van der Waals surface area contributed by atoms with Gasteiger partial charge >= 0.3 is 5.97 Å². The first-order valence-corrected chi connectivity index (χ1v) is 4.89. The molecule has 0 heterocycles. The first-order valence-electron chi connectivity index (χ1n) is 4.89. The Kier molecular flexibility index (Phi) is 4.08. The van der Waals surface area contributed by atoms with Gasteiger partial charge < -0.3 is 14.9 Å². The highest BCUT2D eigenvalue weighted by atomic mass is 16.5. The third-order valence-electron chi connectivity index (χ3n) is 2.05. The summed E-state index contributed by atoms with van der Waals surface area (Å²) in [6.07, 6.45) is -1.16. The van der Waals surface area contributed by atoms with Crippen LogP contribution in [0.15, 0.2) is 36.4 Å². The van der Waals surface area contributed by atoms with Gasteiger partial charge in [0.05, 0.1) is 12.2 Å². The Balaban J connectivity index is 2.82. The largest absolute Gasteiger partial charge is 0.508 e. The van der Waals surface area contributed by atoms with E-state index in [1.807, 2.05) is 0 Å². The molecule has 1 unspecified atom stereocenters. The van der Waals surface area contributed by atoms with Gasteiger partial charge in [-0.3, -0.25) is 0 Å². The number of phenols is 1. The van der Waals surface area contributed by atoms with Gasteiger partial charge in [-0.05, 0) is 24.6 Å². The van der Waals surface area contributed by atoms with Crippen LogP contribution in [-0.2, 0) is 9.53 Å². The topological polar surface area (TPSA) is 66.8 Å². The molecule has 1 aromatic carbocycles. The predicted molar refractivity (Wildman–Crippen MR) is 58.8 cm³/mol. The Hall–Kier alpha value is -1.81. The maximum absolute atomic E-state index is 11.3. The summed E-state index contributed by atoms with van der Waals surface area (Å²) in [4.78, 5) is 11.3. The number of carbonyl (C=O) groups excluding carboxylic acids is 1. The number of hydrogen-bond acceptors (Lipinski definition) is 4. The molecular formula is C12H14O4. The van der Waals surface area contributed by atoms with Crippen LogP contribution in [0.1, 0.15) is 18.6 Å². The summed E-state index contributed by atoms with van der Waals surface area (Å²) < 4.78 is 4.72. The van der Waals surface area contributed by atoms with Crippen LogP contribution in [0, 0.1) is 0 Å². The van der Waals surface area contributed by atoms with Crippen LogP contribution in [0.25, 0.3) is 0 Å². The number of aliphatic hydroxyl groups is 1. The van der Waals surface area contributed by atoms with E-state index in [1.165, 1.54) is 12.1 Å². The summed E-state index contributed by atoms with van der Waals surface area (Å²) in [5, 5.41) is 19.0. The van der Waals surface area contributed by atoms with E-state index in [2.05, 4.69) is 6.58 Å². The fourth-order valence-corrected chi connectivity index (χ4v) is 1.23. The van der Waals surface area contributed by atoms with Crippen LogP contribution in [-0.4, -0.2) is 22.8 Å². The summed E-state index contributed by atoms with van der Waals surface area (Å²) in [6, 6.07) is 6.01. The molecule has 0 radical (unpaired) electrons. The average Bonchev–Trinajstić information content (AvgIpc) is 2.27. The number of esters is 1. The van der Waals surface area contributed by atoms with E-state index in [0.717, 1.165) is 0 Å². The zero-order valence-electron chi connectivity index (χ0n) is 9.01. The monoisotopic (exact) mass is 222 g/mol. The normalized spacial score (nSPS) is 11.9. The third-order valence-corrected chi connectivity index (χ3v) is 2.05. The molecule has 4 heteroatoms. The van der Waals surface area contributed by atoms with Crippen LogP contribution in [0.2, 0.25) is 0 Å². The van der Waals surface area contributed by atoms with E-state index in [1.54, 1.807) is 19.1 Å². The van der Waals surface area contributed by atoms with Crippen LogP contribution in [0.4, 0.5) is 0 Å². The molecule has 1 rings (SSSR count). The molecule has 0 saturated heterocycles. The van der Waals surface area contributed by atoms with Crippen LogP contribution >= 0.6 is 0 Å². The van der Waals surface area contributed by atoms with E-state index in [4.69, 9.17) is 4.74 Å². The quantitative estimate of drug-likeness (QED) is 0.599. The lowest BCUT2D eigenvalue weighted by Gasteiger charge is -2.13. The van der Waals surface area contributed by atoms with E-state index < -0.39 is 12.1 Å². The fraction of sp³-hybridized carbons (Fsp3) is 0.250. The van der Waals surface area contributed by atoms with Crippen LogP contribution < -0.4 is 0 Å². The van der Waals surface area contributed by atoms with Crippen molar-refractivity contribution in [2.75, 3.05) is 6.61 Å². The zero-order valence-corrected chi connectivity index (χ0v) is 9.01.